The molecule has 2 aromatic carbocycles. The van der Waals surface area contributed by atoms with Crippen LogP contribution in [0.5, 0.6) is 0 Å². The predicted molar refractivity (Wildman–Crippen MR) is 102 cm³/mol. The number of carbonyl (C=O) groups is 3. The van der Waals surface area contributed by atoms with Gasteiger partial charge in [0.2, 0.25) is 6.10 Å². The van der Waals surface area contributed by atoms with E-state index in [2.05, 4.69) is 5.32 Å². The van der Waals surface area contributed by atoms with E-state index in [-0.39, 0.29) is 15.5 Å². The van der Waals surface area contributed by atoms with Crippen LogP contribution in [0.4, 0.5) is 4.79 Å². The largest absolute Gasteiger partial charge is 0.444 e. The summed E-state index contributed by atoms with van der Waals surface area (Å²) in [7, 11) is -2.35. The molecule has 0 fully saturated rings. The third-order valence-corrected chi connectivity index (χ3v) is 5.17. The van der Waals surface area contributed by atoms with Gasteiger partial charge in [0.25, 0.3) is 5.91 Å². The Morgan fingerprint density at radius 3 is 2.29 bits per heavy atom. The first kappa shape index (κ1) is 21.4. The third kappa shape index (κ3) is 5.30. The van der Waals surface area contributed by atoms with E-state index in [0.717, 1.165) is 12.3 Å². The molecule has 148 valence electrons. The Balaban J connectivity index is 2.35. The van der Waals surface area contributed by atoms with Crippen LogP contribution in [0.25, 0.3) is 0 Å². The van der Waals surface area contributed by atoms with Gasteiger partial charge in [0, 0.05) is 18.9 Å². The van der Waals surface area contributed by atoms with Gasteiger partial charge in [-0.3, -0.25) is 10.1 Å². The topological polar surface area (TPSA) is 119 Å². The van der Waals surface area contributed by atoms with Gasteiger partial charge in [-0.15, -0.1) is 0 Å². The molecule has 10 heteroatoms. The lowest BCUT2D eigenvalue weighted by Crippen LogP contribution is -2.41. The number of hydrogen-bond acceptors (Lipinski definition) is 6. The molecule has 28 heavy (non-hydrogen) atoms. The van der Waals surface area contributed by atoms with Gasteiger partial charge in [0.05, 0.1) is 15.5 Å². The molecule has 0 aliphatic carbocycles. The van der Waals surface area contributed by atoms with Crippen molar-refractivity contribution in [2.45, 2.75) is 11.0 Å². The van der Waals surface area contributed by atoms with Gasteiger partial charge >= 0.3 is 12.0 Å². The van der Waals surface area contributed by atoms with Crippen LogP contribution in [-0.2, 0) is 19.4 Å². The monoisotopic (exact) mass is 424 g/mol. The fraction of sp³-hybridized carbons (Fsp3) is 0.167. The summed E-state index contributed by atoms with van der Waals surface area (Å²) >= 11 is 5.87. The number of imide groups is 1. The van der Waals surface area contributed by atoms with Crippen molar-refractivity contribution >= 4 is 39.3 Å². The zero-order valence-electron chi connectivity index (χ0n) is 14.9. The number of sulfone groups is 1. The minimum atomic E-state index is -3.68. The number of amides is 3. The quantitative estimate of drug-likeness (QED) is 0.709. The highest BCUT2D eigenvalue weighted by Gasteiger charge is 2.27. The smallest absolute Gasteiger partial charge is 0.339 e. The van der Waals surface area contributed by atoms with Crippen molar-refractivity contribution in [1.82, 2.24) is 10.6 Å². The van der Waals surface area contributed by atoms with Gasteiger partial charge in [-0.2, -0.15) is 0 Å². The Kier molecular flexibility index (Phi) is 6.76. The van der Waals surface area contributed by atoms with E-state index in [9.17, 15) is 22.8 Å². The van der Waals surface area contributed by atoms with Crippen LogP contribution in [0.3, 0.4) is 0 Å². The average Bonchev–Trinajstić information content (AvgIpc) is 2.65. The van der Waals surface area contributed by atoms with E-state index >= 15 is 0 Å². The van der Waals surface area contributed by atoms with Gasteiger partial charge in [0.1, 0.15) is 0 Å². The van der Waals surface area contributed by atoms with Crippen molar-refractivity contribution in [3.05, 3.63) is 64.7 Å². The summed E-state index contributed by atoms with van der Waals surface area (Å²) in [4.78, 5) is 36.1. The third-order valence-electron chi connectivity index (χ3n) is 3.60. The number of benzene rings is 2. The lowest BCUT2D eigenvalue weighted by Gasteiger charge is -2.18. The van der Waals surface area contributed by atoms with Crippen molar-refractivity contribution in [2.75, 3.05) is 13.3 Å². The van der Waals surface area contributed by atoms with E-state index in [4.69, 9.17) is 16.3 Å². The Morgan fingerprint density at radius 2 is 1.71 bits per heavy atom. The van der Waals surface area contributed by atoms with Crippen molar-refractivity contribution in [2.24, 2.45) is 0 Å². The summed E-state index contributed by atoms with van der Waals surface area (Å²) in [6.45, 7) is 0. The summed E-state index contributed by atoms with van der Waals surface area (Å²) in [5.41, 5.74) is 0.216. The van der Waals surface area contributed by atoms with Crippen LogP contribution >= 0.6 is 11.6 Å². The van der Waals surface area contributed by atoms with Crippen molar-refractivity contribution < 1.29 is 27.5 Å². The lowest BCUT2D eigenvalue weighted by atomic mass is 10.1. The number of nitrogens with one attached hydrogen (secondary N) is 2. The molecule has 0 heterocycles. The minimum absolute atomic E-state index is 0.0454. The molecule has 8 nitrogen and oxygen atoms in total. The molecule has 3 amide bonds. The van der Waals surface area contributed by atoms with Crippen LogP contribution in [0.2, 0.25) is 5.02 Å². The normalized spacial score (nSPS) is 12.0. The zero-order chi connectivity index (χ0) is 20.9. The van der Waals surface area contributed by atoms with E-state index < -0.39 is 33.8 Å². The lowest BCUT2D eigenvalue weighted by molar-refractivity contribution is -0.129. The summed E-state index contributed by atoms with van der Waals surface area (Å²) in [5, 5.41) is 4.23. The highest BCUT2D eigenvalue weighted by molar-refractivity contribution is 7.90. The molecule has 0 aliphatic heterocycles. The van der Waals surface area contributed by atoms with Crippen LogP contribution < -0.4 is 10.6 Å². The molecule has 0 aliphatic rings. The Hall–Kier alpha value is -2.91. The highest BCUT2D eigenvalue weighted by atomic mass is 35.5. The molecule has 0 saturated carbocycles. The van der Waals surface area contributed by atoms with Crippen LogP contribution in [0.15, 0.2) is 53.4 Å². The Bertz CT molecular complexity index is 1010. The molecule has 2 N–H and O–H groups in total. The summed E-state index contributed by atoms with van der Waals surface area (Å²) in [6, 6.07) is 10.9. The molecule has 0 bridgehead atoms. The first-order chi connectivity index (χ1) is 13.1. The predicted octanol–water partition coefficient (Wildman–Crippen LogP) is 2.10. The number of halogens is 1. The van der Waals surface area contributed by atoms with Crippen molar-refractivity contribution in [3.63, 3.8) is 0 Å². The van der Waals surface area contributed by atoms with E-state index in [1.165, 1.54) is 19.2 Å². The summed E-state index contributed by atoms with van der Waals surface area (Å²) in [5.74, 6) is -1.82. The van der Waals surface area contributed by atoms with Crippen LogP contribution in [-0.4, -0.2) is 39.6 Å². The fourth-order valence-electron chi connectivity index (χ4n) is 2.23. The second-order valence-electron chi connectivity index (χ2n) is 5.68. The maximum Gasteiger partial charge on any atom is 0.339 e. The molecule has 0 aromatic heterocycles. The average molecular weight is 425 g/mol. The SMILES string of the molecule is CNC(=O)NC(=O)C(OC(=O)c1ccc(Cl)c(S(C)(=O)=O)c1)c1ccccc1. The first-order valence-electron chi connectivity index (χ1n) is 7.91. The second kappa shape index (κ2) is 8.85. The number of rotatable bonds is 5. The zero-order valence-corrected chi connectivity index (χ0v) is 16.5. The maximum absolute atomic E-state index is 12.5. The Labute approximate surface area is 166 Å². The number of ether oxygens (including phenoxy) is 1. The molecule has 2 rings (SSSR count). The number of urea groups is 1. The minimum Gasteiger partial charge on any atom is -0.444 e. The molecular formula is C18H17ClN2O6S. The highest BCUT2D eigenvalue weighted by Crippen LogP contribution is 2.25. The van der Waals surface area contributed by atoms with Crippen LogP contribution in [0.1, 0.15) is 22.0 Å². The van der Waals surface area contributed by atoms with Gasteiger partial charge < -0.3 is 10.1 Å². The molecular weight excluding hydrogens is 408 g/mol. The Morgan fingerprint density at radius 1 is 1.07 bits per heavy atom. The standard InChI is InChI=1S/C18H17ClN2O6S/c1-20-18(24)21-16(22)15(11-6-4-3-5-7-11)27-17(23)12-8-9-13(19)14(10-12)28(2,25)26/h3-10,15H,1-2H3,(H2,20,21,22,24). The van der Waals surface area contributed by atoms with Crippen molar-refractivity contribution in [1.29, 1.82) is 0 Å². The van der Waals surface area contributed by atoms with Crippen molar-refractivity contribution in [3.8, 4) is 0 Å². The second-order valence-corrected chi connectivity index (χ2v) is 8.07. The van der Waals surface area contributed by atoms with E-state index in [0.29, 0.717) is 5.56 Å². The van der Waals surface area contributed by atoms with E-state index in [1.807, 2.05) is 5.32 Å². The molecule has 0 saturated heterocycles. The number of hydrogen-bond donors (Lipinski definition) is 2. The maximum atomic E-state index is 12.5. The molecule has 1 atom stereocenters. The van der Waals surface area contributed by atoms with E-state index in [1.54, 1.807) is 30.3 Å². The molecule has 0 radical (unpaired) electrons. The fourth-order valence-corrected chi connectivity index (χ4v) is 3.53. The number of carbonyl (C=O) groups excluding carboxylic acids is 3. The first-order valence-corrected chi connectivity index (χ1v) is 10.2. The van der Waals surface area contributed by atoms with Gasteiger partial charge in [-0.05, 0) is 18.2 Å². The van der Waals surface area contributed by atoms with Gasteiger partial charge in [0.15, 0.2) is 9.84 Å². The van der Waals surface area contributed by atoms with Gasteiger partial charge in [-0.1, -0.05) is 41.9 Å². The number of esters is 1. The molecule has 1 unspecified atom stereocenters. The molecule has 2 aromatic rings. The summed E-state index contributed by atoms with van der Waals surface area (Å²) < 4.78 is 28.8. The van der Waals surface area contributed by atoms with Crippen LogP contribution in [0, 0.1) is 0 Å². The summed E-state index contributed by atoms with van der Waals surface area (Å²) in [6.07, 6.45) is -0.476. The van der Waals surface area contributed by atoms with Gasteiger partial charge in [-0.25, -0.2) is 18.0 Å². The molecule has 0 spiro atoms.